The summed E-state index contributed by atoms with van der Waals surface area (Å²) in [6.45, 7) is 0.399. The zero-order valence-corrected chi connectivity index (χ0v) is 9.78. The minimum atomic E-state index is -4.45. The molecule has 0 spiro atoms. The van der Waals surface area contributed by atoms with Gasteiger partial charge in [0.2, 0.25) is 0 Å². The molecule has 0 bridgehead atoms. The number of hydrogen-bond acceptors (Lipinski definition) is 2. The van der Waals surface area contributed by atoms with Crippen LogP contribution in [0.1, 0.15) is 30.5 Å². The summed E-state index contributed by atoms with van der Waals surface area (Å²) in [5, 5.41) is 3.07. The Morgan fingerprint density at radius 2 is 2.06 bits per heavy atom. The molecule has 1 heterocycles. The van der Waals surface area contributed by atoms with Gasteiger partial charge >= 0.3 is 6.18 Å². The summed E-state index contributed by atoms with van der Waals surface area (Å²) in [5.41, 5.74) is -0.417. The van der Waals surface area contributed by atoms with Crippen molar-refractivity contribution < 1.29 is 13.2 Å². The van der Waals surface area contributed by atoms with E-state index in [4.69, 9.17) is 11.6 Å². The topological polar surface area (TPSA) is 24.9 Å². The zero-order chi connectivity index (χ0) is 12.5. The fourth-order valence-electron chi connectivity index (χ4n) is 1.67. The highest BCUT2D eigenvalue weighted by molar-refractivity contribution is 6.29. The van der Waals surface area contributed by atoms with Gasteiger partial charge in [0.05, 0.1) is 0 Å². The number of nitrogens with zero attached hydrogens (tertiary/aromatic N) is 1. The average Bonchev–Trinajstić information content (AvgIpc) is 2.13. The molecular formula is C11H12ClF3N2. The van der Waals surface area contributed by atoms with Crippen molar-refractivity contribution in [2.45, 2.75) is 38.0 Å². The number of halogens is 4. The Kier molecular flexibility index (Phi) is 3.58. The van der Waals surface area contributed by atoms with Crippen LogP contribution < -0.4 is 5.32 Å². The Hall–Kier alpha value is -0.810. The Balaban J connectivity index is 2.08. The second-order valence-corrected chi connectivity index (χ2v) is 4.58. The van der Waals surface area contributed by atoms with Gasteiger partial charge in [0.15, 0.2) is 0 Å². The Morgan fingerprint density at radius 3 is 2.59 bits per heavy atom. The molecule has 1 aromatic rings. The third-order valence-electron chi connectivity index (χ3n) is 2.84. The van der Waals surface area contributed by atoms with Gasteiger partial charge in [-0.1, -0.05) is 18.0 Å². The number of rotatable bonds is 3. The van der Waals surface area contributed by atoms with Crippen LogP contribution >= 0.6 is 11.6 Å². The summed E-state index contributed by atoms with van der Waals surface area (Å²) in [6, 6.07) is 2.93. The molecule has 1 fully saturated rings. The summed E-state index contributed by atoms with van der Waals surface area (Å²) in [7, 11) is 0. The molecule has 1 aliphatic rings. The van der Waals surface area contributed by atoms with Crippen molar-refractivity contribution in [3.05, 3.63) is 28.5 Å². The molecule has 0 amide bonds. The smallest absolute Gasteiger partial charge is 0.310 e. The molecule has 2 nitrogen and oxygen atoms in total. The van der Waals surface area contributed by atoms with E-state index in [1.54, 1.807) is 0 Å². The van der Waals surface area contributed by atoms with E-state index in [1.165, 1.54) is 12.5 Å². The van der Waals surface area contributed by atoms with E-state index >= 15 is 0 Å². The number of pyridine rings is 1. The van der Waals surface area contributed by atoms with Crippen LogP contribution in [-0.2, 0) is 12.7 Å². The molecule has 0 radical (unpaired) electrons. The van der Waals surface area contributed by atoms with E-state index in [0.717, 1.165) is 18.9 Å². The summed E-state index contributed by atoms with van der Waals surface area (Å²) in [5.74, 6) is 0. The highest BCUT2D eigenvalue weighted by atomic mass is 35.5. The molecule has 1 aromatic heterocycles. The third-order valence-corrected chi connectivity index (χ3v) is 3.04. The lowest BCUT2D eigenvalue weighted by Gasteiger charge is -2.26. The summed E-state index contributed by atoms with van der Waals surface area (Å²) in [4.78, 5) is 3.28. The standard InChI is InChI=1S/C11H12ClF3N2/c12-10-5-7(6-16-8-2-1-3-8)4-9(17-10)11(13,14)15/h4-5,8,16H,1-3,6H2. The molecule has 0 saturated heterocycles. The van der Waals surface area contributed by atoms with Gasteiger partial charge in [-0.05, 0) is 30.5 Å². The van der Waals surface area contributed by atoms with E-state index in [9.17, 15) is 13.2 Å². The Labute approximate surface area is 102 Å². The average molecular weight is 265 g/mol. The molecule has 0 aromatic carbocycles. The monoisotopic (exact) mass is 264 g/mol. The maximum absolute atomic E-state index is 12.5. The first kappa shape index (κ1) is 12.6. The molecule has 2 rings (SSSR count). The second kappa shape index (κ2) is 4.82. The maximum Gasteiger partial charge on any atom is 0.433 e. The summed E-state index contributed by atoms with van der Waals surface area (Å²) >= 11 is 5.58. The largest absolute Gasteiger partial charge is 0.433 e. The third kappa shape index (κ3) is 3.33. The van der Waals surface area contributed by atoms with Gasteiger partial charge in [0.25, 0.3) is 0 Å². The van der Waals surface area contributed by atoms with E-state index in [-0.39, 0.29) is 5.15 Å². The number of alkyl halides is 3. The van der Waals surface area contributed by atoms with Crippen molar-refractivity contribution in [2.75, 3.05) is 0 Å². The second-order valence-electron chi connectivity index (χ2n) is 4.19. The van der Waals surface area contributed by atoms with Crippen LogP contribution in [0.3, 0.4) is 0 Å². The van der Waals surface area contributed by atoms with Crippen molar-refractivity contribution in [3.8, 4) is 0 Å². The van der Waals surface area contributed by atoms with Crippen LogP contribution in [0.25, 0.3) is 0 Å². The molecule has 1 N–H and O–H groups in total. The first-order chi connectivity index (χ1) is 7.95. The van der Waals surface area contributed by atoms with Crippen LogP contribution in [0.5, 0.6) is 0 Å². The van der Waals surface area contributed by atoms with Crippen LogP contribution in [0.4, 0.5) is 13.2 Å². The minimum Gasteiger partial charge on any atom is -0.310 e. The molecular weight excluding hydrogens is 253 g/mol. The number of aromatic nitrogens is 1. The lowest BCUT2D eigenvalue weighted by Crippen LogP contribution is -2.34. The fraction of sp³-hybridized carbons (Fsp3) is 0.545. The molecule has 17 heavy (non-hydrogen) atoms. The molecule has 6 heteroatoms. The van der Waals surface area contributed by atoms with Gasteiger partial charge in [-0.3, -0.25) is 0 Å². The van der Waals surface area contributed by atoms with Gasteiger partial charge < -0.3 is 5.32 Å². The lowest BCUT2D eigenvalue weighted by molar-refractivity contribution is -0.141. The summed E-state index contributed by atoms with van der Waals surface area (Å²) < 4.78 is 37.4. The predicted octanol–water partition coefficient (Wildman–Crippen LogP) is 3.40. The number of nitrogens with one attached hydrogen (secondary N) is 1. The van der Waals surface area contributed by atoms with Crippen molar-refractivity contribution >= 4 is 11.6 Å². The van der Waals surface area contributed by atoms with E-state index < -0.39 is 11.9 Å². The van der Waals surface area contributed by atoms with E-state index in [0.29, 0.717) is 18.2 Å². The predicted molar refractivity (Wildman–Crippen MR) is 58.7 cm³/mol. The molecule has 0 aliphatic heterocycles. The minimum absolute atomic E-state index is 0.120. The number of hydrogen-bond donors (Lipinski definition) is 1. The molecule has 0 unspecified atom stereocenters. The molecule has 1 aliphatic carbocycles. The van der Waals surface area contributed by atoms with Gasteiger partial charge in [-0.15, -0.1) is 0 Å². The molecule has 94 valence electrons. The van der Waals surface area contributed by atoms with Gasteiger partial charge in [-0.25, -0.2) is 4.98 Å². The molecule has 0 atom stereocenters. The van der Waals surface area contributed by atoms with Crippen LogP contribution in [0, 0.1) is 0 Å². The van der Waals surface area contributed by atoms with Gasteiger partial charge in [-0.2, -0.15) is 13.2 Å². The zero-order valence-electron chi connectivity index (χ0n) is 9.02. The van der Waals surface area contributed by atoms with Crippen molar-refractivity contribution in [1.29, 1.82) is 0 Å². The van der Waals surface area contributed by atoms with Crippen LogP contribution in [0.2, 0.25) is 5.15 Å². The fourth-order valence-corrected chi connectivity index (χ4v) is 1.90. The molecule has 1 saturated carbocycles. The van der Waals surface area contributed by atoms with Crippen LogP contribution in [0.15, 0.2) is 12.1 Å². The van der Waals surface area contributed by atoms with Crippen molar-refractivity contribution in [2.24, 2.45) is 0 Å². The quantitative estimate of drug-likeness (QED) is 0.847. The highest BCUT2D eigenvalue weighted by Crippen LogP contribution is 2.29. The Bertz CT molecular complexity index is 402. The van der Waals surface area contributed by atoms with Crippen LogP contribution in [-0.4, -0.2) is 11.0 Å². The first-order valence-electron chi connectivity index (χ1n) is 5.42. The first-order valence-corrected chi connectivity index (χ1v) is 5.80. The Morgan fingerprint density at radius 1 is 1.35 bits per heavy atom. The van der Waals surface area contributed by atoms with Gasteiger partial charge in [0.1, 0.15) is 10.8 Å². The van der Waals surface area contributed by atoms with Crippen molar-refractivity contribution in [1.82, 2.24) is 10.3 Å². The highest BCUT2D eigenvalue weighted by Gasteiger charge is 2.33. The maximum atomic E-state index is 12.5. The summed E-state index contributed by atoms with van der Waals surface area (Å²) in [6.07, 6.45) is -1.09. The van der Waals surface area contributed by atoms with E-state index in [1.807, 2.05) is 0 Å². The van der Waals surface area contributed by atoms with Crippen molar-refractivity contribution in [3.63, 3.8) is 0 Å². The lowest BCUT2D eigenvalue weighted by atomic mass is 9.93. The SMILES string of the molecule is FC(F)(F)c1cc(CNC2CCC2)cc(Cl)n1. The van der Waals surface area contributed by atoms with E-state index in [2.05, 4.69) is 10.3 Å². The normalized spacial score (nSPS) is 16.9. The van der Waals surface area contributed by atoms with Gasteiger partial charge in [0, 0.05) is 12.6 Å².